The van der Waals surface area contributed by atoms with Gasteiger partial charge in [0.15, 0.2) is 0 Å². The number of piperidine rings is 1. The van der Waals surface area contributed by atoms with Gasteiger partial charge in [0.25, 0.3) is 0 Å². The molecule has 1 aromatic rings. The van der Waals surface area contributed by atoms with Crippen LogP contribution < -0.4 is 10.1 Å². The van der Waals surface area contributed by atoms with E-state index >= 15 is 0 Å². The molecule has 1 aromatic carbocycles. The highest BCUT2D eigenvalue weighted by Crippen LogP contribution is 2.19. The molecule has 88 valence electrons. The Morgan fingerprint density at radius 3 is 2.69 bits per heavy atom. The molecule has 1 fully saturated rings. The molecule has 0 amide bonds. The van der Waals surface area contributed by atoms with Gasteiger partial charge in [-0.2, -0.15) is 0 Å². The van der Waals surface area contributed by atoms with Crippen LogP contribution in [0.2, 0.25) is 5.02 Å². The average Bonchev–Trinajstić information content (AvgIpc) is 2.33. The lowest BCUT2D eigenvalue weighted by Gasteiger charge is -2.29. The first kappa shape index (κ1) is 11.7. The summed E-state index contributed by atoms with van der Waals surface area (Å²) >= 11 is 5.83. The summed E-state index contributed by atoms with van der Waals surface area (Å²) in [5.74, 6) is 0.893. The minimum absolute atomic E-state index is 0.210. The van der Waals surface area contributed by atoms with E-state index in [0.29, 0.717) is 6.04 Å². The fourth-order valence-electron chi connectivity index (χ4n) is 2.09. The van der Waals surface area contributed by atoms with Crippen molar-refractivity contribution in [2.24, 2.45) is 0 Å². The molecule has 1 aliphatic heterocycles. The van der Waals surface area contributed by atoms with Crippen LogP contribution in [0.25, 0.3) is 0 Å². The maximum atomic E-state index is 5.89. The highest BCUT2D eigenvalue weighted by atomic mass is 35.5. The molecule has 0 spiro atoms. The zero-order chi connectivity index (χ0) is 11.4. The van der Waals surface area contributed by atoms with Crippen LogP contribution in [0.15, 0.2) is 24.3 Å². The molecular formula is C13H18ClNO. The molecule has 3 heteroatoms. The summed E-state index contributed by atoms with van der Waals surface area (Å²) in [5.41, 5.74) is 0. The van der Waals surface area contributed by atoms with Crippen LogP contribution in [0.4, 0.5) is 0 Å². The van der Waals surface area contributed by atoms with E-state index in [9.17, 15) is 0 Å². The Balaban J connectivity index is 1.90. The number of benzene rings is 1. The van der Waals surface area contributed by atoms with Gasteiger partial charge in [0.2, 0.25) is 0 Å². The largest absolute Gasteiger partial charge is 0.489 e. The van der Waals surface area contributed by atoms with Gasteiger partial charge in [0.05, 0.1) is 0 Å². The standard InChI is InChI=1S/C13H18ClNO/c1-10(13-4-2-3-9-15-13)16-12-7-5-11(14)6-8-12/h5-8,10,13,15H,2-4,9H2,1H3. The zero-order valence-electron chi connectivity index (χ0n) is 9.58. The molecule has 2 atom stereocenters. The molecule has 0 saturated carbocycles. The molecule has 0 aromatic heterocycles. The fourth-order valence-corrected chi connectivity index (χ4v) is 2.22. The third-order valence-corrected chi connectivity index (χ3v) is 3.30. The van der Waals surface area contributed by atoms with E-state index in [2.05, 4.69) is 12.2 Å². The van der Waals surface area contributed by atoms with Gasteiger partial charge in [-0.05, 0) is 50.6 Å². The lowest BCUT2D eigenvalue weighted by atomic mass is 10.0. The summed E-state index contributed by atoms with van der Waals surface area (Å²) < 4.78 is 5.89. The Morgan fingerprint density at radius 1 is 1.31 bits per heavy atom. The summed E-state index contributed by atoms with van der Waals surface area (Å²) in [6, 6.07) is 8.03. The SMILES string of the molecule is CC(Oc1ccc(Cl)cc1)C1CCCCN1. The van der Waals surface area contributed by atoms with Crippen molar-refractivity contribution < 1.29 is 4.74 Å². The van der Waals surface area contributed by atoms with Gasteiger partial charge < -0.3 is 10.1 Å². The number of hydrogen-bond acceptors (Lipinski definition) is 2. The fraction of sp³-hybridized carbons (Fsp3) is 0.538. The van der Waals surface area contributed by atoms with Crippen molar-refractivity contribution in [2.45, 2.75) is 38.3 Å². The summed E-state index contributed by atoms with van der Waals surface area (Å²) in [5, 5.41) is 4.25. The van der Waals surface area contributed by atoms with Gasteiger partial charge in [-0.3, -0.25) is 0 Å². The van der Waals surface area contributed by atoms with Crippen molar-refractivity contribution >= 4 is 11.6 Å². The van der Waals surface area contributed by atoms with E-state index in [0.717, 1.165) is 17.3 Å². The van der Waals surface area contributed by atoms with Gasteiger partial charge in [-0.25, -0.2) is 0 Å². The summed E-state index contributed by atoms with van der Waals surface area (Å²) in [6.45, 7) is 3.23. The topological polar surface area (TPSA) is 21.3 Å². The predicted molar refractivity (Wildman–Crippen MR) is 67.2 cm³/mol. The third-order valence-electron chi connectivity index (χ3n) is 3.05. The Labute approximate surface area is 102 Å². The first-order valence-electron chi connectivity index (χ1n) is 5.91. The Hall–Kier alpha value is -0.730. The zero-order valence-corrected chi connectivity index (χ0v) is 10.3. The average molecular weight is 240 g/mol. The molecule has 1 saturated heterocycles. The molecule has 0 aliphatic carbocycles. The third kappa shape index (κ3) is 3.13. The van der Waals surface area contributed by atoms with Crippen molar-refractivity contribution in [3.63, 3.8) is 0 Å². The van der Waals surface area contributed by atoms with E-state index < -0.39 is 0 Å². The Kier molecular flexibility index (Phi) is 4.08. The molecular weight excluding hydrogens is 222 g/mol. The van der Waals surface area contributed by atoms with Crippen molar-refractivity contribution in [3.8, 4) is 5.75 Å². The lowest BCUT2D eigenvalue weighted by Crippen LogP contribution is -2.44. The number of nitrogens with one attached hydrogen (secondary N) is 1. The van der Waals surface area contributed by atoms with Gasteiger partial charge in [-0.1, -0.05) is 18.0 Å². The maximum absolute atomic E-state index is 5.89. The van der Waals surface area contributed by atoms with Crippen molar-refractivity contribution in [3.05, 3.63) is 29.3 Å². The molecule has 2 nitrogen and oxygen atoms in total. The van der Waals surface area contributed by atoms with Crippen molar-refractivity contribution in [2.75, 3.05) is 6.54 Å². The van der Waals surface area contributed by atoms with E-state index in [1.54, 1.807) is 0 Å². The van der Waals surface area contributed by atoms with Crippen LogP contribution in [0, 0.1) is 0 Å². The summed E-state index contributed by atoms with van der Waals surface area (Å²) in [4.78, 5) is 0. The van der Waals surface area contributed by atoms with Crippen LogP contribution in [-0.4, -0.2) is 18.7 Å². The quantitative estimate of drug-likeness (QED) is 0.875. The van der Waals surface area contributed by atoms with Crippen LogP contribution in [-0.2, 0) is 0 Å². The molecule has 0 bridgehead atoms. The Bertz CT molecular complexity index is 319. The van der Waals surface area contributed by atoms with Gasteiger partial charge in [-0.15, -0.1) is 0 Å². The molecule has 1 aliphatic rings. The molecule has 2 rings (SSSR count). The first-order valence-corrected chi connectivity index (χ1v) is 6.29. The monoisotopic (exact) mass is 239 g/mol. The number of rotatable bonds is 3. The molecule has 1 N–H and O–H groups in total. The minimum Gasteiger partial charge on any atom is -0.489 e. The van der Waals surface area contributed by atoms with Crippen LogP contribution >= 0.6 is 11.6 Å². The number of ether oxygens (including phenoxy) is 1. The second-order valence-electron chi connectivity index (χ2n) is 4.33. The molecule has 16 heavy (non-hydrogen) atoms. The smallest absolute Gasteiger partial charge is 0.119 e. The van der Waals surface area contributed by atoms with Gasteiger partial charge in [0.1, 0.15) is 11.9 Å². The van der Waals surface area contributed by atoms with Crippen molar-refractivity contribution in [1.82, 2.24) is 5.32 Å². The molecule has 0 radical (unpaired) electrons. The predicted octanol–water partition coefficient (Wildman–Crippen LogP) is 3.25. The van der Waals surface area contributed by atoms with E-state index in [-0.39, 0.29) is 6.10 Å². The van der Waals surface area contributed by atoms with E-state index in [4.69, 9.17) is 16.3 Å². The van der Waals surface area contributed by atoms with Crippen LogP contribution in [0.3, 0.4) is 0 Å². The van der Waals surface area contributed by atoms with Crippen LogP contribution in [0.5, 0.6) is 5.75 Å². The molecule has 2 unspecified atom stereocenters. The number of hydrogen-bond donors (Lipinski definition) is 1. The Morgan fingerprint density at radius 2 is 2.06 bits per heavy atom. The lowest BCUT2D eigenvalue weighted by molar-refractivity contribution is 0.152. The number of halogens is 1. The summed E-state index contributed by atoms with van der Waals surface area (Å²) in [6.07, 6.45) is 3.99. The minimum atomic E-state index is 0.210. The maximum Gasteiger partial charge on any atom is 0.119 e. The van der Waals surface area contributed by atoms with E-state index in [1.165, 1.54) is 19.3 Å². The first-order chi connectivity index (χ1) is 7.75. The highest BCUT2D eigenvalue weighted by molar-refractivity contribution is 6.30. The second-order valence-corrected chi connectivity index (χ2v) is 4.77. The highest BCUT2D eigenvalue weighted by Gasteiger charge is 2.20. The van der Waals surface area contributed by atoms with Crippen LogP contribution in [0.1, 0.15) is 26.2 Å². The van der Waals surface area contributed by atoms with Gasteiger partial charge >= 0.3 is 0 Å². The second kappa shape index (κ2) is 5.55. The molecule has 1 heterocycles. The normalized spacial score (nSPS) is 22.8. The summed E-state index contributed by atoms with van der Waals surface area (Å²) in [7, 11) is 0. The van der Waals surface area contributed by atoms with Gasteiger partial charge in [0, 0.05) is 11.1 Å². The van der Waals surface area contributed by atoms with E-state index in [1.807, 2.05) is 24.3 Å². The van der Waals surface area contributed by atoms with Crippen molar-refractivity contribution in [1.29, 1.82) is 0 Å².